The highest BCUT2D eigenvalue weighted by Crippen LogP contribution is 2.34. The van der Waals surface area contributed by atoms with Gasteiger partial charge < -0.3 is 24.4 Å². The molecule has 0 spiro atoms. The highest BCUT2D eigenvalue weighted by Gasteiger charge is 2.17. The quantitative estimate of drug-likeness (QED) is 0.488. The molecule has 31 heavy (non-hydrogen) atoms. The lowest BCUT2D eigenvalue weighted by molar-refractivity contribution is 0.0532. The SMILES string of the molecule is CCCN(C)Cc1sc(-c2nc(-c3cc(C)c(OCC(O)CO)c(C)c3)no2)cc1C. The Labute approximate surface area is 187 Å². The van der Waals surface area contributed by atoms with Gasteiger partial charge in [0.15, 0.2) is 0 Å². The predicted octanol–water partition coefficient (Wildman–Crippen LogP) is 3.96. The van der Waals surface area contributed by atoms with Crippen molar-refractivity contribution in [3.8, 4) is 27.9 Å². The van der Waals surface area contributed by atoms with Crippen molar-refractivity contribution in [2.24, 2.45) is 0 Å². The van der Waals surface area contributed by atoms with E-state index in [2.05, 4.69) is 42.0 Å². The molecular formula is C23H31N3O4S. The van der Waals surface area contributed by atoms with E-state index in [9.17, 15) is 5.11 Å². The first-order valence-corrected chi connectivity index (χ1v) is 11.3. The van der Waals surface area contributed by atoms with Crippen LogP contribution in [0.25, 0.3) is 22.2 Å². The molecule has 1 unspecified atom stereocenters. The maximum absolute atomic E-state index is 9.53. The first kappa shape index (κ1) is 23.4. The fourth-order valence-corrected chi connectivity index (χ4v) is 4.64. The summed E-state index contributed by atoms with van der Waals surface area (Å²) in [5.41, 5.74) is 3.89. The Morgan fingerprint density at radius 2 is 1.87 bits per heavy atom. The van der Waals surface area contributed by atoms with Gasteiger partial charge in [-0.2, -0.15) is 4.98 Å². The number of aliphatic hydroxyl groups is 2. The van der Waals surface area contributed by atoms with Crippen molar-refractivity contribution in [3.05, 3.63) is 39.8 Å². The summed E-state index contributed by atoms with van der Waals surface area (Å²) in [5, 5.41) is 22.7. The van der Waals surface area contributed by atoms with Crippen LogP contribution in [0.2, 0.25) is 0 Å². The van der Waals surface area contributed by atoms with Crippen LogP contribution in [0.5, 0.6) is 5.75 Å². The van der Waals surface area contributed by atoms with E-state index in [0.29, 0.717) is 17.5 Å². The van der Waals surface area contributed by atoms with Crippen molar-refractivity contribution >= 4 is 11.3 Å². The molecule has 0 saturated heterocycles. The third kappa shape index (κ3) is 5.71. The minimum Gasteiger partial charge on any atom is -0.490 e. The molecule has 0 radical (unpaired) electrons. The van der Waals surface area contributed by atoms with E-state index < -0.39 is 6.10 Å². The molecular weight excluding hydrogens is 414 g/mol. The molecule has 1 aromatic carbocycles. The van der Waals surface area contributed by atoms with Crippen LogP contribution in [-0.4, -0.2) is 58.2 Å². The van der Waals surface area contributed by atoms with E-state index >= 15 is 0 Å². The molecule has 0 aliphatic heterocycles. The van der Waals surface area contributed by atoms with E-state index in [1.165, 1.54) is 10.4 Å². The number of benzene rings is 1. The molecule has 3 rings (SSSR count). The normalized spacial score (nSPS) is 12.5. The summed E-state index contributed by atoms with van der Waals surface area (Å²) >= 11 is 1.69. The summed E-state index contributed by atoms with van der Waals surface area (Å²) in [6.07, 6.45) is 0.227. The van der Waals surface area contributed by atoms with Gasteiger partial charge >= 0.3 is 0 Å². The number of aryl methyl sites for hydroxylation is 3. The minimum atomic E-state index is -0.904. The van der Waals surface area contributed by atoms with Gasteiger partial charge in [-0.3, -0.25) is 0 Å². The Morgan fingerprint density at radius 1 is 1.16 bits per heavy atom. The van der Waals surface area contributed by atoms with Crippen LogP contribution >= 0.6 is 11.3 Å². The third-order valence-electron chi connectivity index (χ3n) is 5.03. The van der Waals surface area contributed by atoms with Gasteiger partial charge in [0, 0.05) is 17.0 Å². The smallest absolute Gasteiger partial charge is 0.268 e. The van der Waals surface area contributed by atoms with Crippen LogP contribution < -0.4 is 4.74 Å². The molecule has 168 valence electrons. The molecule has 0 saturated carbocycles. The zero-order valence-electron chi connectivity index (χ0n) is 18.8. The fourth-order valence-electron chi connectivity index (χ4n) is 3.47. The molecule has 3 aromatic rings. The summed E-state index contributed by atoms with van der Waals surface area (Å²) in [5.74, 6) is 1.74. The van der Waals surface area contributed by atoms with Crippen LogP contribution in [0.1, 0.15) is 34.9 Å². The molecule has 0 amide bonds. The van der Waals surface area contributed by atoms with Gasteiger partial charge in [0.25, 0.3) is 5.89 Å². The molecule has 1 atom stereocenters. The summed E-state index contributed by atoms with van der Waals surface area (Å²) in [6.45, 7) is 9.85. The summed E-state index contributed by atoms with van der Waals surface area (Å²) in [7, 11) is 2.13. The lowest BCUT2D eigenvalue weighted by atomic mass is 10.1. The maximum atomic E-state index is 9.53. The number of thiophene rings is 1. The molecule has 0 aliphatic rings. The number of ether oxygens (including phenoxy) is 1. The fraction of sp³-hybridized carbons (Fsp3) is 0.478. The molecule has 8 heteroatoms. The van der Waals surface area contributed by atoms with Crippen LogP contribution in [0.15, 0.2) is 22.7 Å². The second-order valence-corrected chi connectivity index (χ2v) is 9.10. The molecule has 0 bridgehead atoms. The van der Waals surface area contributed by atoms with Crippen molar-refractivity contribution < 1.29 is 19.5 Å². The minimum absolute atomic E-state index is 0.0391. The summed E-state index contributed by atoms with van der Waals surface area (Å²) < 4.78 is 11.2. The van der Waals surface area contributed by atoms with E-state index in [0.717, 1.165) is 41.1 Å². The number of hydrogen-bond donors (Lipinski definition) is 2. The van der Waals surface area contributed by atoms with Gasteiger partial charge in [-0.05, 0) is 75.7 Å². The Balaban J connectivity index is 1.79. The first-order chi connectivity index (χ1) is 14.8. The van der Waals surface area contributed by atoms with E-state index in [4.69, 9.17) is 14.4 Å². The summed E-state index contributed by atoms with van der Waals surface area (Å²) in [4.78, 5) is 9.23. The lowest BCUT2D eigenvalue weighted by Gasteiger charge is -2.15. The van der Waals surface area contributed by atoms with E-state index in [1.807, 2.05) is 26.0 Å². The van der Waals surface area contributed by atoms with Crippen molar-refractivity contribution in [2.75, 3.05) is 26.8 Å². The highest BCUT2D eigenvalue weighted by atomic mass is 32.1. The number of hydrogen-bond acceptors (Lipinski definition) is 8. The second-order valence-electron chi connectivity index (χ2n) is 7.96. The average Bonchev–Trinajstić information content (AvgIpc) is 3.34. The van der Waals surface area contributed by atoms with Crippen LogP contribution in [0.3, 0.4) is 0 Å². The number of aliphatic hydroxyl groups excluding tert-OH is 2. The van der Waals surface area contributed by atoms with Gasteiger partial charge in [0.1, 0.15) is 18.5 Å². The standard InChI is InChI=1S/C23H31N3O4S/c1-6-7-26(5)11-20-14(2)10-19(31-20)23-24-22(25-30-23)17-8-15(3)21(16(4)9-17)29-13-18(28)12-27/h8-10,18,27-28H,6-7,11-13H2,1-5H3. The average molecular weight is 446 g/mol. The molecule has 2 heterocycles. The largest absolute Gasteiger partial charge is 0.490 e. The maximum Gasteiger partial charge on any atom is 0.268 e. The summed E-state index contributed by atoms with van der Waals surface area (Å²) in [6, 6.07) is 5.98. The zero-order chi connectivity index (χ0) is 22.5. The van der Waals surface area contributed by atoms with Gasteiger partial charge in [-0.15, -0.1) is 11.3 Å². The lowest BCUT2D eigenvalue weighted by Crippen LogP contribution is -2.21. The first-order valence-electron chi connectivity index (χ1n) is 10.5. The Kier molecular flexibility index (Phi) is 7.83. The second kappa shape index (κ2) is 10.4. The van der Waals surface area contributed by atoms with Crippen LogP contribution in [0.4, 0.5) is 0 Å². The molecule has 2 N–H and O–H groups in total. The van der Waals surface area contributed by atoms with Gasteiger partial charge in [-0.1, -0.05) is 12.1 Å². The zero-order valence-corrected chi connectivity index (χ0v) is 19.6. The Hall–Kier alpha value is -2.26. The Morgan fingerprint density at radius 3 is 2.52 bits per heavy atom. The van der Waals surface area contributed by atoms with E-state index in [-0.39, 0.29) is 13.2 Å². The Bertz CT molecular complexity index is 991. The van der Waals surface area contributed by atoms with Crippen LogP contribution in [0, 0.1) is 20.8 Å². The molecule has 0 aliphatic carbocycles. The highest BCUT2D eigenvalue weighted by molar-refractivity contribution is 7.15. The third-order valence-corrected chi connectivity index (χ3v) is 6.24. The monoisotopic (exact) mass is 445 g/mol. The molecule has 7 nitrogen and oxygen atoms in total. The van der Waals surface area contributed by atoms with Crippen molar-refractivity contribution in [1.82, 2.24) is 15.0 Å². The number of rotatable bonds is 10. The molecule has 0 fully saturated rings. The van der Waals surface area contributed by atoms with Crippen molar-refractivity contribution in [1.29, 1.82) is 0 Å². The van der Waals surface area contributed by atoms with Crippen molar-refractivity contribution in [3.63, 3.8) is 0 Å². The number of aromatic nitrogens is 2. The molecule has 2 aromatic heterocycles. The van der Waals surface area contributed by atoms with Crippen LogP contribution in [-0.2, 0) is 6.54 Å². The van der Waals surface area contributed by atoms with Gasteiger partial charge in [-0.25, -0.2) is 0 Å². The predicted molar refractivity (Wildman–Crippen MR) is 122 cm³/mol. The van der Waals surface area contributed by atoms with Crippen molar-refractivity contribution in [2.45, 2.75) is 46.8 Å². The van der Waals surface area contributed by atoms with E-state index in [1.54, 1.807) is 11.3 Å². The van der Waals surface area contributed by atoms with Gasteiger partial charge in [0.2, 0.25) is 5.82 Å². The van der Waals surface area contributed by atoms with Gasteiger partial charge in [0.05, 0.1) is 11.5 Å². The topological polar surface area (TPSA) is 91.9 Å². The number of nitrogens with zero attached hydrogens (tertiary/aromatic N) is 3.